The molecule has 0 atom stereocenters. The molecule has 0 aliphatic heterocycles. The first-order chi connectivity index (χ1) is 14.9. The number of thiol groups is 2. The van der Waals surface area contributed by atoms with Crippen molar-refractivity contribution in [1.29, 1.82) is 0 Å². The van der Waals surface area contributed by atoms with Crippen LogP contribution in [0.1, 0.15) is 15.9 Å². The molecule has 0 saturated carbocycles. The van der Waals surface area contributed by atoms with Gasteiger partial charge in [0.2, 0.25) is 0 Å². The Morgan fingerprint density at radius 3 is 2.10 bits per heavy atom. The van der Waals surface area contributed by atoms with Crippen molar-refractivity contribution in [2.24, 2.45) is 0 Å². The molecule has 0 radical (unpaired) electrons. The minimum absolute atomic E-state index is 0.201. The van der Waals surface area contributed by atoms with Gasteiger partial charge in [-0.25, -0.2) is 0 Å². The molecule has 0 unspecified atom stereocenters. The Bertz CT molecular complexity index is 1250. The van der Waals surface area contributed by atoms with Crippen molar-refractivity contribution in [3.05, 3.63) is 106 Å². The molecule has 6 heteroatoms. The quantitative estimate of drug-likeness (QED) is 0.221. The van der Waals surface area contributed by atoms with Gasteiger partial charge in [0, 0.05) is 25.9 Å². The van der Waals surface area contributed by atoms with Gasteiger partial charge in [-0.2, -0.15) is 0 Å². The van der Waals surface area contributed by atoms with Crippen LogP contribution in [0.3, 0.4) is 0 Å². The van der Waals surface area contributed by atoms with Crippen molar-refractivity contribution in [2.75, 3.05) is 0 Å². The van der Waals surface area contributed by atoms with Crippen molar-refractivity contribution in [3.8, 4) is 22.6 Å². The van der Waals surface area contributed by atoms with Gasteiger partial charge in [0.15, 0.2) is 5.78 Å². The standard InChI is InChI=1S/C25H16Cl2O2S2/c26-17-5-12-23(27)22(13-17)25(28)16-1-6-18(7-2-16)29-19-8-11-21(24(31)14-19)15-3-9-20(30)10-4-15/h1-14,30-31H. The van der Waals surface area contributed by atoms with Crippen LogP contribution < -0.4 is 4.74 Å². The number of rotatable bonds is 5. The van der Waals surface area contributed by atoms with Crippen LogP contribution in [0.4, 0.5) is 0 Å². The zero-order valence-electron chi connectivity index (χ0n) is 16.0. The Hall–Kier alpha value is -2.37. The summed E-state index contributed by atoms with van der Waals surface area (Å²) in [5.74, 6) is 1.05. The summed E-state index contributed by atoms with van der Waals surface area (Å²) >= 11 is 21.1. The Labute approximate surface area is 201 Å². The number of ketones is 1. The van der Waals surface area contributed by atoms with E-state index in [-0.39, 0.29) is 5.78 Å². The number of carbonyl (C=O) groups is 1. The van der Waals surface area contributed by atoms with E-state index < -0.39 is 0 Å². The average Bonchev–Trinajstić information content (AvgIpc) is 2.76. The van der Waals surface area contributed by atoms with Gasteiger partial charge in [0.1, 0.15) is 11.5 Å². The third kappa shape index (κ3) is 5.10. The lowest BCUT2D eigenvalue weighted by Crippen LogP contribution is -2.02. The second-order valence-corrected chi connectivity index (χ2v) is 8.65. The fourth-order valence-electron chi connectivity index (χ4n) is 3.10. The topological polar surface area (TPSA) is 26.3 Å². The number of hydrogen-bond acceptors (Lipinski definition) is 4. The van der Waals surface area contributed by atoms with E-state index in [2.05, 4.69) is 25.3 Å². The van der Waals surface area contributed by atoms with Gasteiger partial charge in [0.25, 0.3) is 0 Å². The third-order valence-corrected chi connectivity index (χ3v) is 5.91. The minimum Gasteiger partial charge on any atom is -0.457 e. The van der Waals surface area contributed by atoms with E-state index in [1.165, 1.54) is 0 Å². The lowest BCUT2D eigenvalue weighted by Gasteiger charge is -2.11. The van der Waals surface area contributed by atoms with Gasteiger partial charge in [-0.3, -0.25) is 4.79 Å². The molecule has 0 bridgehead atoms. The predicted octanol–water partition coefficient (Wildman–Crippen LogP) is 8.26. The molecule has 0 N–H and O–H groups in total. The summed E-state index contributed by atoms with van der Waals surface area (Å²) in [7, 11) is 0. The van der Waals surface area contributed by atoms with Gasteiger partial charge >= 0.3 is 0 Å². The maximum atomic E-state index is 12.7. The largest absolute Gasteiger partial charge is 0.457 e. The van der Waals surface area contributed by atoms with Crippen LogP contribution in [0.25, 0.3) is 11.1 Å². The number of carbonyl (C=O) groups excluding carboxylic acids is 1. The van der Waals surface area contributed by atoms with Crippen molar-refractivity contribution in [3.63, 3.8) is 0 Å². The third-order valence-electron chi connectivity index (χ3n) is 4.67. The van der Waals surface area contributed by atoms with E-state index in [4.69, 9.17) is 27.9 Å². The first-order valence-corrected chi connectivity index (χ1v) is 11.0. The maximum Gasteiger partial charge on any atom is 0.194 e. The monoisotopic (exact) mass is 482 g/mol. The highest BCUT2D eigenvalue weighted by Crippen LogP contribution is 2.32. The second kappa shape index (κ2) is 9.41. The summed E-state index contributed by atoms with van der Waals surface area (Å²) in [6.07, 6.45) is 0. The van der Waals surface area contributed by atoms with E-state index >= 15 is 0 Å². The molecular formula is C25H16Cl2O2S2. The molecule has 2 nitrogen and oxygen atoms in total. The summed E-state index contributed by atoms with van der Waals surface area (Å²) in [4.78, 5) is 14.4. The molecule has 0 aliphatic rings. The van der Waals surface area contributed by atoms with Crippen LogP contribution in [0.15, 0.2) is 94.7 Å². The molecule has 4 rings (SSSR count). The molecule has 0 spiro atoms. The summed E-state index contributed by atoms with van der Waals surface area (Å²) in [6, 6.07) is 25.3. The maximum absolute atomic E-state index is 12.7. The number of benzene rings is 4. The van der Waals surface area contributed by atoms with E-state index in [1.54, 1.807) is 42.5 Å². The van der Waals surface area contributed by atoms with Crippen molar-refractivity contribution >= 4 is 54.2 Å². The van der Waals surface area contributed by atoms with Gasteiger partial charge in [0.05, 0.1) is 5.02 Å². The smallest absolute Gasteiger partial charge is 0.194 e. The fourth-order valence-corrected chi connectivity index (χ4v) is 3.95. The van der Waals surface area contributed by atoms with E-state index in [0.717, 1.165) is 20.9 Å². The van der Waals surface area contributed by atoms with Crippen LogP contribution in [0.2, 0.25) is 10.0 Å². The van der Waals surface area contributed by atoms with Gasteiger partial charge in [-0.1, -0.05) is 35.3 Å². The van der Waals surface area contributed by atoms with E-state index in [0.29, 0.717) is 32.7 Å². The first-order valence-electron chi connectivity index (χ1n) is 9.31. The highest BCUT2D eigenvalue weighted by atomic mass is 35.5. The van der Waals surface area contributed by atoms with Crippen LogP contribution in [0.5, 0.6) is 11.5 Å². The van der Waals surface area contributed by atoms with Crippen molar-refractivity contribution in [1.82, 2.24) is 0 Å². The summed E-state index contributed by atoms with van der Waals surface area (Å²) in [5, 5.41) is 0.820. The molecule has 0 aliphatic carbocycles. The summed E-state index contributed by atoms with van der Waals surface area (Å²) < 4.78 is 5.93. The summed E-state index contributed by atoms with van der Waals surface area (Å²) in [6.45, 7) is 0. The molecule has 0 aromatic heterocycles. The van der Waals surface area contributed by atoms with Crippen molar-refractivity contribution in [2.45, 2.75) is 9.79 Å². The zero-order chi connectivity index (χ0) is 22.0. The number of hydrogen-bond donors (Lipinski definition) is 2. The first kappa shape index (κ1) is 21.8. The second-order valence-electron chi connectivity index (χ2n) is 6.81. The SMILES string of the molecule is O=C(c1ccc(Oc2ccc(-c3ccc(S)cc3)c(S)c2)cc1)c1cc(Cl)ccc1Cl. The Morgan fingerprint density at radius 1 is 0.742 bits per heavy atom. The van der Waals surface area contributed by atoms with Gasteiger partial charge in [-0.05, 0) is 83.9 Å². The van der Waals surface area contributed by atoms with E-state index in [1.807, 2.05) is 42.5 Å². The molecule has 0 heterocycles. The van der Waals surface area contributed by atoms with Crippen LogP contribution in [-0.4, -0.2) is 5.78 Å². The molecule has 4 aromatic rings. The normalized spacial score (nSPS) is 10.7. The highest BCUT2D eigenvalue weighted by molar-refractivity contribution is 7.80. The molecule has 31 heavy (non-hydrogen) atoms. The Kier molecular flexibility index (Phi) is 6.63. The average molecular weight is 483 g/mol. The molecule has 0 fully saturated rings. The zero-order valence-corrected chi connectivity index (χ0v) is 19.4. The fraction of sp³-hybridized carbons (Fsp3) is 0. The Balaban J connectivity index is 1.51. The lowest BCUT2D eigenvalue weighted by atomic mass is 10.0. The van der Waals surface area contributed by atoms with Gasteiger partial charge < -0.3 is 4.74 Å². The van der Waals surface area contributed by atoms with Crippen molar-refractivity contribution < 1.29 is 9.53 Å². The van der Waals surface area contributed by atoms with E-state index in [9.17, 15) is 4.79 Å². The molecular weight excluding hydrogens is 467 g/mol. The van der Waals surface area contributed by atoms with Crippen LogP contribution in [0, 0.1) is 0 Å². The number of ether oxygens (including phenoxy) is 1. The predicted molar refractivity (Wildman–Crippen MR) is 133 cm³/mol. The molecule has 0 amide bonds. The Morgan fingerprint density at radius 2 is 1.42 bits per heavy atom. The lowest BCUT2D eigenvalue weighted by molar-refractivity contribution is 0.103. The highest BCUT2D eigenvalue weighted by Gasteiger charge is 2.14. The molecule has 4 aromatic carbocycles. The minimum atomic E-state index is -0.201. The van der Waals surface area contributed by atoms with Gasteiger partial charge in [-0.15, -0.1) is 25.3 Å². The number of halogens is 2. The summed E-state index contributed by atoms with van der Waals surface area (Å²) in [5.41, 5.74) is 2.92. The van der Waals surface area contributed by atoms with Crippen LogP contribution >= 0.6 is 48.5 Å². The van der Waals surface area contributed by atoms with Crippen LogP contribution in [-0.2, 0) is 0 Å². The molecule has 154 valence electrons. The molecule has 0 saturated heterocycles.